The Morgan fingerprint density at radius 2 is 1.52 bits per heavy atom. The van der Waals surface area contributed by atoms with Gasteiger partial charge in [-0.05, 0) is 116 Å². The Bertz CT molecular complexity index is 1540. The first-order chi connectivity index (χ1) is 21.2. The number of aryl methyl sites for hydroxylation is 2. The molecule has 0 aromatic heterocycles. The topological polar surface area (TPSA) is 117 Å². The molecule has 1 unspecified atom stereocenters. The van der Waals surface area contributed by atoms with Gasteiger partial charge in [0.05, 0.1) is 24.3 Å². The Labute approximate surface area is 256 Å². The van der Waals surface area contributed by atoms with Crippen LogP contribution in [0.2, 0.25) is 0 Å². The minimum atomic E-state index is -0.537. The summed E-state index contributed by atoms with van der Waals surface area (Å²) in [6.07, 6.45) is 5.97. The Hall–Kier alpha value is -5.18. The number of hydrogen-bond acceptors (Lipinski definition) is 8. The third-order valence-electron chi connectivity index (χ3n) is 7.07. The van der Waals surface area contributed by atoms with Gasteiger partial charge in [-0.25, -0.2) is 14.4 Å². The van der Waals surface area contributed by atoms with Crippen LogP contribution in [-0.4, -0.2) is 43.1 Å². The zero-order valence-corrected chi connectivity index (χ0v) is 24.6. The van der Waals surface area contributed by atoms with Crippen LogP contribution in [0.5, 0.6) is 17.2 Å². The van der Waals surface area contributed by atoms with E-state index in [0.717, 1.165) is 30.0 Å². The van der Waals surface area contributed by atoms with Crippen LogP contribution in [0.25, 0.3) is 0 Å². The Morgan fingerprint density at radius 3 is 2.25 bits per heavy atom. The summed E-state index contributed by atoms with van der Waals surface area (Å²) in [4.78, 5) is 48.2. The van der Waals surface area contributed by atoms with E-state index in [9.17, 15) is 19.2 Å². The van der Waals surface area contributed by atoms with Gasteiger partial charge in [-0.1, -0.05) is 19.2 Å². The molecule has 0 bridgehead atoms. The first-order valence-corrected chi connectivity index (χ1v) is 14.4. The van der Waals surface area contributed by atoms with Crippen molar-refractivity contribution in [2.75, 3.05) is 13.2 Å². The normalized spacial score (nSPS) is 13.5. The molecule has 4 rings (SSSR count). The van der Waals surface area contributed by atoms with Gasteiger partial charge in [0.15, 0.2) is 0 Å². The quantitative estimate of drug-likeness (QED) is 0.119. The molecule has 1 amide bonds. The Morgan fingerprint density at radius 1 is 0.818 bits per heavy atom. The molecule has 0 aliphatic heterocycles. The molecular formula is C35H35NO8. The van der Waals surface area contributed by atoms with Gasteiger partial charge in [0, 0.05) is 12.1 Å². The highest BCUT2D eigenvalue weighted by atomic mass is 16.5. The monoisotopic (exact) mass is 597 g/mol. The maximum Gasteiger partial charge on any atom is 0.343 e. The third-order valence-corrected chi connectivity index (χ3v) is 7.07. The summed E-state index contributed by atoms with van der Waals surface area (Å²) in [7, 11) is 0. The van der Waals surface area contributed by atoms with E-state index in [1.807, 2.05) is 12.1 Å². The van der Waals surface area contributed by atoms with Crippen molar-refractivity contribution in [3.8, 4) is 17.2 Å². The van der Waals surface area contributed by atoms with Gasteiger partial charge in [0.1, 0.15) is 17.2 Å². The molecule has 228 valence electrons. The molecule has 1 aliphatic rings. The number of carbonyl (C=O) groups is 4. The lowest BCUT2D eigenvalue weighted by atomic mass is 9.87. The molecule has 1 atom stereocenters. The average molecular weight is 598 g/mol. The highest BCUT2D eigenvalue weighted by Gasteiger charge is 2.21. The molecule has 0 radical (unpaired) electrons. The van der Waals surface area contributed by atoms with Crippen molar-refractivity contribution in [3.63, 3.8) is 0 Å². The van der Waals surface area contributed by atoms with Gasteiger partial charge in [-0.15, -0.1) is 0 Å². The number of benzene rings is 3. The number of esters is 3. The van der Waals surface area contributed by atoms with Gasteiger partial charge < -0.3 is 24.3 Å². The van der Waals surface area contributed by atoms with Gasteiger partial charge in [-0.3, -0.25) is 4.79 Å². The fourth-order valence-electron chi connectivity index (χ4n) is 4.70. The number of rotatable bonds is 13. The van der Waals surface area contributed by atoms with Gasteiger partial charge >= 0.3 is 17.9 Å². The number of unbranched alkanes of at least 4 members (excludes halogenated alkanes) is 1. The fourth-order valence-corrected chi connectivity index (χ4v) is 4.70. The summed E-state index contributed by atoms with van der Waals surface area (Å²) < 4.78 is 21.8. The van der Waals surface area contributed by atoms with Crippen molar-refractivity contribution in [2.24, 2.45) is 0 Å². The summed E-state index contributed by atoms with van der Waals surface area (Å²) >= 11 is 0. The van der Waals surface area contributed by atoms with E-state index in [1.54, 1.807) is 55.5 Å². The molecular weight excluding hydrogens is 562 g/mol. The summed E-state index contributed by atoms with van der Waals surface area (Å²) in [5.74, 6) is -0.377. The van der Waals surface area contributed by atoms with Crippen LogP contribution in [0.15, 0.2) is 86.0 Å². The van der Waals surface area contributed by atoms with E-state index in [4.69, 9.17) is 18.9 Å². The van der Waals surface area contributed by atoms with Gasteiger partial charge in [-0.2, -0.15) is 0 Å². The average Bonchev–Trinajstić information content (AvgIpc) is 3.03. The van der Waals surface area contributed by atoms with Crippen molar-refractivity contribution in [1.82, 2.24) is 5.32 Å². The summed E-state index contributed by atoms with van der Waals surface area (Å²) in [5.41, 5.74) is 3.57. The van der Waals surface area contributed by atoms with E-state index < -0.39 is 17.9 Å². The van der Waals surface area contributed by atoms with Crippen LogP contribution in [0.4, 0.5) is 0 Å². The number of ether oxygens (including phenoxy) is 4. The molecule has 3 aromatic carbocycles. The second kappa shape index (κ2) is 15.3. The minimum Gasteiger partial charge on any atom is -0.494 e. The molecule has 1 N–H and O–H groups in total. The standard InChI is InChI=1S/C35H35NO8/c1-4-32(37)36-28-13-10-25-21-27(9-8-26(25)22-28)35(40)44-31-17-16-30(20-23(31)3)43-34(39)24-11-14-29(15-12-24)41-18-6-7-19-42-33(38)5-2/h4-5,8-9,11-12,14-17,20-21,28H,1-2,6-7,10,13,18-19,22H2,3H3,(H,36,37). The highest BCUT2D eigenvalue weighted by molar-refractivity contribution is 5.92. The SMILES string of the molecule is C=CC(=O)NC1CCc2cc(C(=O)Oc3ccc(OC(=O)c4ccc(OCCCCOC(=O)C=C)cc4)cc3C)ccc2C1. The second-order valence-corrected chi connectivity index (χ2v) is 10.3. The van der Waals surface area contributed by atoms with Crippen molar-refractivity contribution in [2.45, 2.75) is 45.1 Å². The number of fused-ring (bicyclic) bond motifs is 1. The van der Waals surface area contributed by atoms with Crippen molar-refractivity contribution in [3.05, 3.63) is 114 Å². The maximum absolute atomic E-state index is 12.9. The van der Waals surface area contributed by atoms with Crippen LogP contribution in [0.1, 0.15) is 56.7 Å². The van der Waals surface area contributed by atoms with Crippen LogP contribution in [0.3, 0.4) is 0 Å². The Balaban J connectivity index is 1.26. The molecule has 0 spiro atoms. The van der Waals surface area contributed by atoms with Gasteiger partial charge in [0.2, 0.25) is 5.91 Å². The minimum absolute atomic E-state index is 0.0405. The maximum atomic E-state index is 12.9. The second-order valence-electron chi connectivity index (χ2n) is 10.3. The first-order valence-electron chi connectivity index (χ1n) is 14.4. The van der Waals surface area contributed by atoms with E-state index in [-0.39, 0.29) is 11.9 Å². The van der Waals surface area contributed by atoms with Crippen LogP contribution >= 0.6 is 0 Å². The fraction of sp³-hybridized carbons (Fsp3) is 0.257. The van der Waals surface area contributed by atoms with E-state index in [0.29, 0.717) is 66.4 Å². The molecule has 44 heavy (non-hydrogen) atoms. The smallest absolute Gasteiger partial charge is 0.343 e. The van der Waals surface area contributed by atoms with E-state index in [2.05, 4.69) is 18.5 Å². The lowest BCUT2D eigenvalue weighted by Crippen LogP contribution is -2.37. The summed E-state index contributed by atoms with van der Waals surface area (Å²) in [6.45, 7) is 9.35. The zero-order chi connectivity index (χ0) is 31.5. The predicted octanol–water partition coefficient (Wildman–Crippen LogP) is 5.48. The van der Waals surface area contributed by atoms with Crippen LogP contribution in [0, 0.1) is 6.92 Å². The molecule has 1 aliphatic carbocycles. The predicted molar refractivity (Wildman–Crippen MR) is 164 cm³/mol. The van der Waals surface area contributed by atoms with Gasteiger partial charge in [0.25, 0.3) is 0 Å². The number of carbonyl (C=O) groups excluding carboxylic acids is 4. The lowest BCUT2D eigenvalue weighted by molar-refractivity contribution is -0.137. The van der Waals surface area contributed by atoms with Crippen molar-refractivity contribution in [1.29, 1.82) is 0 Å². The molecule has 0 saturated carbocycles. The summed E-state index contributed by atoms with van der Waals surface area (Å²) in [5, 5.41) is 2.93. The van der Waals surface area contributed by atoms with Crippen LogP contribution < -0.4 is 19.5 Å². The zero-order valence-electron chi connectivity index (χ0n) is 24.6. The molecule has 9 nitrogen and oxygen atoms in total. The van der Waals surface area contributed by atoms with E-state index >= 15 is 0 Å². The largest absolute Gasteiger partial charge is 0.494 e. The molecule has 0 heterocycles. The van der Waals surface area contributed by atoms with Crippen LogP contribution in [-0.2, 0) is 27.2 Å². The lowest BCUT2D eigenvalue weighted by Gasteiger charge is -2.25. The number of nitrogens with one attached hydrogen (secondary N) is 1. The number of amides is 1. The number of hydrogen-bond donors (Lipinski definition) is 1. The molecule has 9 heteroatoms. The van der Waals surface area contributed by atoms with Crippen molar-refractivity contribution >= 4 is 23.8 Å². The Kier molecular flexibility index (Phi) is 11.1. The summed E-state index contributed by atoms with van der Waals surface area (Å²) in [6, 6.07) is 16.9. The molecule has 3 aromatic rings. The molecule has 0 saturated heterocycles. The highest BCUT2D eigenvalue weighted by Crippen LogP contribution is 2.27. The first kappa shape index (κ1) is 31.7. The van der Waals surface area contributed by atoms with E-state index in [1.165, 1.54) is 6.08 Å². The molecule has 0 fully saturated rings. The third kappa shape index (κ3) is 8.91. The van der Waals surface area contributed by atoms with Crippen molar-refractivity contribution < 1.29 is 38.1 Å².